The van der Waals surface area contributed by atoms with Gasteiger partial charge in [-0.3, -0.25) is 4.79 Å². The standard InChI is InChI=1S/C22H24N2O2/c1-15-19(20-14-18(26-2)10-11-21(20)23-15)13-17-9-6-12-24(17)22(25)16-7-4-3-5-8-16/h3-5,7-8,10-11,14,17,23H,6,9,12-13H2,1-2H3. The molecule has 1 N–H and O–H groups in total. The number of likely N-dealkylation sites (tertiary alicyclic amines) is 1. The third kappa shape index (κ3) is 2.96. The number of carbonyl (C=O) groups is 1. The molecular formula is C22H24N2O2. The van der Waals surface area contributed by atoms with Crippen LogP contribution in [0.2, 0.25) is 0 Å². The maximum absolute atomic E-state index is 12.9. The molecule has 134 valence electrons. The number of nitrogens with zero attached hydrogens (tertiary/aromatic N) is 1. The Bertz CT molecular complexity index is 930. The van der Waals surface area contributed by atoms with Crippen LogP contribution in [-0.4, -0.2) is 35.5 Å². The lowest BCUT2D eigenvalue weighted by Gasteiger charge is -2.25. The van der Waals surface area contributed by atoms with Crippen molar-refractivity contribution in [2.45, 2.75) is 32.2 Å². The Kier molecular flexibility index (Phi) is 4.41. The van der Waals surface area contributed by atoms with Gasteiger partial charge in [-0.15, -0.1) is 0 Å². The molecule has 1 aliphatic heterocycles. The number of H-pyrrole nitrogens is 1. The molecule has 4 nitrogen and oxygen atoms in total. The number of aromatic amines is 1. The first-order valence-electron chi connectivity index (χ1n) is 9.18. The highest BCUT2D eigenvalue weighted by atomic mass is 16.5. The summed E-state index contributed by atoms with van der Waals surface area (Å²) >= 11 is 0. The van der Waals surface area contributed by atoms with Crippen LogP contribution >= 0.6 is 0 Å². The highest BCUT2D eigenvalue weighted by Crippen LogP contribution is 2.31. The van der Waals surface area contributed by atoms with Crippen molar-refractivity contribution >= 4 is 16.8 Å². The van der Waals surface area contributed by atoms with Crippen molar-refractivity contribution in [2.75, 3.05) is 13.7 Å². The molecule has 2 heterocycles. The van der Waals surface area contributed by atoms with Crippen LogP contribution < -0.4 is 4.74 Å². The molecule has 4 rings (SSSR count). The number of methoxy groups -OCH3 is 1. The fourth-order valence-corrected chi connectivity index (χ4v) is 4.05. The topological polar surface area (TPSA) is 45.3 Å². The number of hydrogen-bond acceptors (Lipinski definition) is 2. The van der Waals surface area contributed by atoms with E-state index in [1.54, 1.807) is 7.11 Å². The third-order valence-electron chi connectivity index (χ3n) is 5.43. The van der Waals surface area contributed by atoms with Gasteiger partial charge in [-0.25, -0.2) is 0 Å². The van der Waals surface area contributed by atoms with E-state index in [1.165, 1.54) is 16.6 Å². The zero-order valence-electron chi connectivity index (χ0n) is 15.3. The van der Waals surface area contributed by atoms with Crippen LogP contribution in [0.25, 0.3) is 10.9 Å². The number of ether oxygens (including phenoxy) is 1. The van der Waals surface area contributed by atoms with Gasteiger partial charge < -0.3 is 14.6 Å². The van der Waals surface area contributed by atoms with Gasteiger partial charge in [-0.1, -0.05) is 18.2 Å². The molecular weight excluding hydrogens is 324 g/mol. The molecule has 0 aliphatic carbocycles. The first kappa shape index (κ1) is 16.7. The molecule has 1 saturated heterocycles. The van der Waals surface area contributed by atoms with E-state index in [4.69, 9.17) is 4.74 Å². The van der Waals surface area contributed by atoms with Crippen LogP contribution in [0.5, 0.6) is 5.75 Å². The fourth-order valence-electron chi connectivity index (χ4n) is 4.05. The monoisotopic (exact) mass is 348 g/mol. The van der Waals surface area contributed by atoms with Crippen molar-refractivity contribution in [3.8, 4) is 5.75 Å². The molecule has 0 saturated carbocycles. The minimum absolute atomic E-state index is 0.142. The number of fused-ring (bicyclic) bond motifs is 1. The highest BCUT2D eigenvalue weighted by Gasteiger charge is 2.30. The van der Waals surface area contributed by atoms with Gasteiger partial charge in [0.15, 0.2) is 0 Å². The van der Waals surface area contributed by atoms with Crippen LogP contribution in [0, 0.1) is 6.92 Å². The summed E-state index contributed by atoms with van der Waals surface area (Å²) in [7, 11) is 1.69. The predicted octanol–water partition coefficient (Wildman–Crippen LogP) is 4.33. The van der Waals surface area contributed by atoms with Crippen molar-refractivity contribution in [3.05, 3.63) is 65.4 Å². The van der Waals surface area contributed by atoms with Crippen LogP contribution in [0.1, 0.15) is 34.5 Å². The Morgan fingerprint density at radius 2 is 2.04 bits per heavy atom. The first-order chi connectivity index (χ1) is 12.7. The van der Waals surface area contributed by atoms with Gasteiger partial charge in [0.2, 0.25) is 0 Å². The van der Waals surface area contributed by atoms with Crippen LogP contribution in [0.3, 0.4) is 0 Å². The van der Waals surface area contributed by atoms with E-state index in [2.05, 4.69) is 24.0 Å². The van der Waals surface area contributed by atoms with Crippen molar-refractivity contribution in [1.82, 2.24) is 9.88 Å². The minimum Gasteiger partial charge on any atom is -0.497 e. The first-order valence-corrected chi connectivity index (χ1v) is 9.18. The Balaban J connectivity index is 1.63. The maximum Gasteiger partial charge on any atom is 0.254 e. The van der Waals surface area contributed by atoms with E-state index < -0.39 is 0 Å². The Morgan fingerprint density at radius 3 is 2.81 bits per heavy atom. The number of carbonyl (C=O) groups excluding carboxylic acids is 1. The van der Waals surface area contributed by atoms with E-state index in [0.717, 1.165) is 42.6 Å². The lowest BCUT2D eigenvalue weighted by Crippen LogP contribution is -2.36. The van der Waals surface area contributed by atoms with Gasteiger partial charge in [-0.05, 0) is 62.1 Å². The molecule has 1 unspecified atom stereocenters. The summed E-state index contributed by atoms with van der Waals surface area (Å²) in [5, 5.41) is 1.20. The molecule has 0 bridgehead atoms. The summed E-state index contributed by atoms with van der Waals surface area (Å²) in [6, 6.07) is 16.0. The van der Waals surface area contributed by atoms with Gasteiger partial charge in [0.05, 0.1) is 7.11 Å². The average molecular weight is 348 g/mol. The van der Waals surface area contributed by atoms with E-state index in [-0.39, 0.29) is 11.9 Å². The molecule has 1 atom stereocenters. The lowest BCUT2D eigenvalue weighted by atomic mass is 10.0. The Morgan fingerprint density at radius 1 is 1.23 bits per heavy atom. The summed E-state index contributed by atoms with van der Waals surface area (Å²) in [6.07, 6.45) is 2.99. The smallest absolute Gasteiger partial charge is 0.254 e. The zero-order chi connectivity index (χ0) is 18.1. The predicted molar refractivity (Wildman–Crippen MR) is 104 cm³/mol. The number of amides is 1. The van der Waals surface area contributed by atoms with Gasteiger partial charge in [0, 0.05) is 34.7 Å². The van der Waals surface area contributed by atoms with Crippen molar-refractivity contribution < 1.29 is 9.53 Å². The second kappa shape index (κ2) is 6.87. The summed E-state index contributed by atoms with van der Waals surface area (Å²) in [5.74, 6) is 1.00. The van der Waals surface area contributed by atoms with Crippen LogP contribution in [0.4, 0.5) is 0 Å². The quantitative estimate of drug-likeness (QED) is 0.763. The SMILES string of the molecule is COc1ccc2[nH]c(C)c(CC3CCCN3C(=O)c3ccccc3)c2c1. The summed E-state index contributed by atoms with van der Waals surface area (Å²) in [6.45, 7) is 2.95. The highest BCUT2D eigenvalue weighted by molar-refractivity contribution is 5.94. The average Bonchev–Trinajstić information content (AvgIpc) is 3.26. The summed E-state index contributed by atoms with van der Waals surface area (Å²) < 4.78 is 5.40. The second-order valence-corrected chi connectivity index (χ2v) is 7.00. The van der Waals surface area contributed by atoms with E-state index >= 15 is 0 Å². The van der Waals surface area contributed by atoms with Crippen molar-refractivity contribution in [3.63, 3.8) is 0 Å². The molecule has 2 aromatic carbocycles. The molecule has 1 aromatic heterocycles. The molecule has 0 radical (unpaired) electrons. The number of aryl methyl sites for hydroxylation is 1. The van der Waals surface area contributed by atoms with Gasteiger partial charge in [-0.2, -0.15) is 0 Å². The Hall–Kier alpha value is -2.75. The largest absolute Gasteiger partial charge is 0.497 e. The second-order valence-electron chi connectivity index (χ2n) is 7.00. The molecule has 1 aliphatic rings. The van der Waals surface area contributed by atoms with Crippen LogP contribution in [0.15, 0.2) is 48.5 Å². The molecule has 4 heteroatoms. The van der Waals surface area contributed by atoms with E-state index in [1.807, 2.05) is 41.3 Å². The summed E-state index contributed by atoms with van der Waals surface area (Å²) in [5.41, 5.74) is 4.36. The van der Waals surface area contributed by atoms with E-state index in [0.29, 0.717) is 0 Å². The third-order valence-corrected chi connectivity index (χ3v) is 5.43. The van der Waals surface area contributed by atoms with Crippen molar-refractivity contribution in [1.29, 1.82) is 0 Å². The maximum atomic E-state index is 12.9. The molecule has 1 amide bonds. The number of nitrogens with one attached hydrogen (secondary N) is 1. The number of rotatable bonds is 4. The molecule has 1 fully saturated rings. The van der Waals surface area contributed by atoms with Gasteiger partial charge >= 0.3 is 0 Å². The lowest BCUT2D eigenvalue weighted by molar-refractivity contribution is 0.0736. The van der Waals surface area contributed by atoms with E-state index in [9.17, 15) is 4.79 Å². The molecule has 3 aromatic rings. The fraction of sp³-hybridized carbons (Fsp3) is 0.318. The van der Waals surface area contributed by atoms with Gasteiger partial charge in [0.25, 0.3) is 5.91 Å². The van der Waals surface area contributed by atoms with Crippen molar-refractivity contribution in [2.24, 2.45) is 0 Å². The van der Waals surface area contributed by atoms with Crippen LogP contribution in [-0.2, 0) is 6.42 Å². The van der Waals surface area contributed by atoms with Gasteiger partial charge in [0.1, 0.15) is 5.75 Å². The number of benzene rings is 2. The molecule has 26 heavy (non-hydrogen) atoms. The Labute approximate surface area is 153 Å². The molecule has 0 spiro atoms. The minimum atomic E-state index is 0.142. The zero-order valence-corrected chi connectivity index (χ0v) is 15.3. The number of hydrogen-bond donors (Lipinski definition) is 1. The normalized spacial score (nSPS) is 17.0. The summed E-state index contributed by atoms with van der Waals surface area (Å²) in [4.78, 5) is 18.5. The number of aromatic nitrogens is 1.